The average Bonchev–Trinajstić information content (AvgIpc) is 3.14. The van der Waals surface area contributed by atoms with Crippen LogP contribution in [0.25, 0.3) is 11.4 Å². The van der Waals surface area contributed by atoms with Crippen LogP contribution in [0.4, 0.5) is 5.69 Å². The lowest BCUT2D eigenvalue weighted by Crippen LogP contribution is -2.32. The largest absolute Gasteiger partial charge is 0.334 e. The summed E-state index contributed by atoms with van der Waals surface area (Å²) in [5, 5.41) is 3.94. The predicted molar refractivity (Wildman–Crippen MR) is 125 cm³/mol. The molecule has 0 atom stereocenters. The number of benzene rings is 2. The van der Waals surface area contributed by atoms with Gasteiger partial charge in [-0.05, 0) is 55.5 Å². The molecule has 0 bridgehead atoms. The molecule has 8 nitrogen and oxygen atoms in total. The van der Waals surface area contributed by atoms with Crippen LogP contribution in [0.15, 0.2) is 51.9 Å². The standard InChI is InChI=1S/C24H28N4O4S/c1-3-18-9-8-10-20(15-18)27-33(30,31)21-16-19(12-11-17(21)2)22-25-23(32-26-22)24(29)28-13-6-4-5-7-14-28/h8-12,15-16,27H,3-7,13-14H2,1-2H3. The highest BCUT2D eigenvalue weighted by atomic mass is 32.2. The first-order valence-electron chi connectivity index (χ1n) is 11.2. The highest BCUT2D eigenvalue weighted by molar-refractivity contribution is 7.92. The number of aryl methyl sites for hydroxylation is 2. The van der Waals surface area contributed by atoms with Gasteiger partial charge in [0.2, 0.25) is 5.82 Å². The number of amides is 1. The normalized spacial score (nSPS) is 14.7. The summed E-state index contributed by atoms with van der Waals surface area (Å²) < 4.78 is 34.1. The Labute approximate surface area is 194 Å². The van der Waals surface area contributed by atoms with Crippen molar-refractivity contribution in [2.75, 3.05) is 17.8 Å². The number of nitrogens with zero attached hydrogens (tertiary/aromatic N) is 3. The van der Waals surface area contributed by atoms with E-state index < -0.39 is 10.0 Å². The second-order valence-corrected chi connectivity index (χ2v) is 9.92. The van der Waals surface area contributed by atoms with Crippen molar-refractivity contribution >= 4 is 21.6 Å². The fourth-order valence-electron chi connectivity index (χ4n) is 3.93. The molecule has 9 heteroatoms. The minimum absolute atomic E-state index is 0.0774. The van der Waals surface area contributed by atoms with E-state index in [2.05, 4.69) is 14.9 Å². The van der Waals surface area contributed by atoms with Crippen LogP contribution in [-0.2, 0) is 16.4 Å². The molecule has 1 fully saturated rings. The number of carbonyl (C=O) groups is 1. The molecule has 0 radical (unpaired) electrons. The Morgan fingerprint density at radius 1 is 1.09 bits per heavy atom. The molecular formula is C24H28N4O4S. The Hall–Kier alpha value is -3.20. The van der Waals surface area contributed by atoms with Crippen LogP contribution >= 0.6 is 0 Å². The number of hydrogen-bond donors (Lipinski definition) is 1. The minimum Gasteiger partial charge on any atom is -0.334 e. The summed E-state index contributed by atoms with van der Waals surface area (Å²) in [6.45, 7) is 5.09. The van der Waals surface area contributed by atoms with Crippen LogP contribution in [0.2, 0.25) is 0 Å². The fraction of sp³-hybridized carbons (Fsp3) is 0.375. The zero-order valence-corrected chi connectivity index (χ0v) is 19.7. The second kappa shape index (κ2) is 9.74. The maximum atomic E-state index is 13.1. The summed E-state index contributed by atoms with van der Waals surface area (Å²) in [7, 11) is -3.84. The minimum atomic E-state index is -3.84. The Morgan fingerprint density at radius 3 is 2.58 bits per heavy atom. The Balaban J connectivity index is 1.59. The first-order valence-corrected chi connectivity index (χ1v) is 12.7. The Kier molecular flexibility index (Phi) is 6.78. The second-order valence-electron chi connectivity index (χ2n) is 8.27. The smallest absolute Gasteiger partial charge is 0.316 e. The zero-order valence-electron chi connectivity index (χ0n) is 18.9. The van der Waals surface area contributed by atoms with Crippen LogP contribution < -0.4 is 4.72 Å². The van der Waals surface area contributed by atoms with Gasteiger partial charge in [-0.3, -0.25) is 9.52 Å². The molecule has 0 unspecified atom stereocenters. The van der Waals surface area contributed by atoms with Gasteiger partial charge in [0.25, 0.3) is 10.0 Å². The van der Waals surface area contributed by atoms with E-state index in [9.17, 15) is 13.2 Å². The van der Waals surface area contributed by atoms with Gasteiger partial charge in [0.05, 0.1) is 4.90 Å². The van der Waals surface area contributed by atoms with Gasteiger partial charge in [0.15, 0.2) is 0 Å². The molecule has 3 aromatic rings. The average molecular weight is 469 g/mol. The predicted octanol–water partition coefficient (Wildman–Crippen LogP) is 4.42. The Bertz CT molecular complexity index is 1240. The molecule has 0 spiro atoms. The number of anilines is 1. The summed E-state index contributed by atoms with van der Waals surface area (Å²) in [6.07, 6.45) is 4.94. The molecule has 1 saturated heterocycles. The third kappa shape index (κ3) is 5.24. The number of nitrogens with one attached hydrogen (secondary N) is 1. The van der Waals surface area contributed by atoms with Gasteiger partial charge in [-0.2, -0.15) is 4.98 Å². The van der Waals surface area contributed by atoms with Crippen molar-refractivity contribution in [1.29, 1.82) is 0 Å². The van der Waals surface area contributed by atoms with Gasteiger partial charge in [-0.15, -0.1) is 0 Å². The molecule has 0 aliphatic carbocycles. The van der Waals surface area contributed by atoms with E-state index in [0.29, 0.717) is 29.9 Å². The van der Waals surface area contributed by atoms with Gasteiger partial charge >= 0.3 is 11.8 Å². The van der Waals surface area contributed by atoms with Crippen molar-refractivity contribution in [3.8, 4) is 11.4 Å². The summed E-state index contributed by atoms with van der Waals surface area (Å²) in [5.74, 6) is -0.183. The van der Waals surface area contributed by atoms with Gasteiger partial charge in [0.1, 0.15) is 0 Å². The lowest BCUT2D eigenvalue weighted by Gasteiger charge is -2.17. The molecule has 1 aliphatic heterocycles. The number of rotatable bonds is 6. The quantitative estimate of drug-likeness (QED) is 0.574. The third-order valence-corrected chi connectivity index (χ3v) is 7.35. The van der Waals surface area contributed by atoms with Gasteiger partial charge in [-0.25, -0.2) is 8.42 Å². The number of aromatic nitrogens is 2. The first-order chi connectivity index (χ1) is 15.9. The summed E-state index contributed by atoms with van der Waals surface area (Å²) in [4.78, 5) is 18.9. The van der Waals surface area contributed by atoms with Gasteiger partial charge in [0, 0.05) is 24.3 Å². The molecule has 0 saturated carbocycles. The van der Waals surface area contributed by atoms with E-state index in [1.807, 2.05) is 25.1 Å². The van der Waals surface area contributed by atoms with E-state index in [4.69, 9.17) is 4.52 Å². The van der Waals surface area contributed by atoms with Crippen LogP contribution in [0.1, 0.15) is 54.4 Å². The van der Waals surface area contributed by atoms with Crippen molar-refractivity contribution < 1.29 is 17.7 Å². The van der Waals surface area contributed by atoms with Crippen LogP contribution in [0, 0.1) is 6.92 Å². The monoisotopic (exact) mass is 468 g/mol. The molecule has 33 heavy (non-hydrogen) atoms. The van der Waals surface area contributed by atoms with E-state index in [-0.39, 0.29) is 22.5 Å². The molecule has 1 amide bonds. The van der Waals surface area contributed by atoms with Crippen molar-refractivity contribution in [2.45, 2.75) is 50.8 Å². The van der Waals surface area contributed by atoms with Crippen molar-refractivity contribution in [3.05, 3.63) is 59.5 Å². The van der Waals surface area contributed by atoms with Gasteiger partial charge in [-0.1, -0.05) is 49.2 Å². The SMILES string of the molecule is CCc1cccc(NS(=O)(=O)c2cc(-c3noc(C(=O)N4CCCCCC4)n3)ccc2C)c1. The molecule has 2 heterocycles. The molecule has 1 N–H and O–H groups in total. The summed E-state index contributed by atoms with van der Waals surface area (Å²) in [5.41, 5.74) is 2.59. The van der Waals surface area contributed by atoms with E-state index in [0.717, 1.165) is 37.7 Å². The first kappa shape index (κ1) is 23.0. The topological polar surface area (TPSA) is 105 Å². The lowest BCUT2D eigenvalue weighted by atomic mass is 10.1. The zero-order chi connectivity index (χ0) is 23.4. The van der Waals surface area contributed by atoms with Crippen molar-refractivity contribution in [2.24, 2.45) is 0 Å². The van der Waals surface area contributed by atoms with Gasteiger partial charge < -0.3 is 9.42 Å². The molecular weight excluding hydrogens is 440 g/mol. The lowest BCUT2D eigenvalue weighted by molar-refractivity contribution is 0.0711. The molecule has 174 valence electrons. The van der Waals surface area contributed by atoms with Crippen LogP contribution in [-0.4, -0.2) is 42.5 Å². The highest BCUT2D eigenvalue weighted by Crippen LogP contribution is 2.26. The number of sulfonamides is 1. The summed E-state index contributed by atoms with van der Waals surface area (Å²) >= 11 is 0. The summed E-state index contributed by atoms with van der Waals surface area (Å²) in [6, 6.07) is 12.2. The van der Waals surface area contributed by atoms with E-state index in [1.165, 1.54) is 6.07 Å². The van der Waals surface area contributed by atoms with Crippen LogP contribution in [0.5, 0.6) is 0 Å². The fourth-order valence-corrected chi connectivity index (χ4v) is 5.25. The number of hydrogen-bond acceptors (Lipinski definition) is 6. The Morgan fingerprint density at radius 2 is 1.85 bits per heavy atom. The van der Waals surface area contributed by atoms with Crippen molar-refractivity contribution in [3.63, 3.8) is 0 Å². The maximum Gasteiger partial charge on any atom is 0.316 e. The van der Waals surface area contributed by atoms with E-state index >= 15 is 0 Å². The molecule has 1 aliphatic rings. The maximum absolute atomic E-state index is 13.1. The molecule has 1 aromatic heterocycles. The number of likely N-dealkylation sites (tertiary alicyclic amines) is 1. The van der Waals surface area contributed by atoms with Crippen LogP contribution in [0.3, 0.4) is 0 Å². The highest BCUT2D eigenvalue weighted by Gasteiger charge is 2.24. The number of carbonyl (C=O) groups excluding carboxylic acids is 1. The molecule has 4 rings (SSSR count). The molecule has 2 aromatic carbocycles. The van der Waals surface area contributed by atoms with Crippen molar-refractivity contribution in [1.82, 2.24) is 15.0 Å². The van der Waals surface area contributed by atoms with E-state index in [1.54, 1.807) is 30.0 Å². The third-order valence-electron chi connectivity index (χ3n) is 5.83.